The summed E-state index contributed by atoms with van der Waals surface area (Å²) in [4.78, 5) is 23.2. The highest BCUT2D eigenvalue weighted by Crippen LogP contribution is 2.31. The molecule has 0 aliphatic carbocycles. The van der Waals surface area contributed by atoms with Gasteiger partial charge >= 0.3 is 6.03 Å². The zero-order chi connectivity index (χ0) is 19.3. The molecule has 1 saturated heterocycles. The Kier molecular flexibility index (Phi) is 5.18. The van der Waals surface area contributed by atoms with Crippen LogP contribution in [0.1, 0.15) is 31.2 Å². The number of amides is 2. The standard InChI is InChI=1S/C20H21N5O3/c1-27-16-6-4-5-15(13-16)22-20(26)25-12-3-2-7-17(25)19-23-18(24-28-19)14-8-10-21-11-9-14/h4-6,8-11,13,17H,2-3,7,12H2,1H3,(H,22,26)/t17-/m1/s1. The van der Waals surface area contributed by atoms with Crippen molar-refractivity contribution in [1.29, 1.82) is 0 Å². The predicted octanol–water partition coefficient (Wildman–Crippen LogP) is 3.90. The fourth-order valence-corrected chi connectivity index (χ4v) is 3.32. The Morgan fingerprint density at radius 3 is 2.93 bits per heavy atom. The number of rotatable bonds is 4. The third kappa shape index (κ3) is 3.80. The van der Waals surface area contributed by atoms with E-state index in [9.17, 15) is 4.79 Å². The van der Waals surface area contributed by atoms with Crippen LogP contribution in [-0.4, -0.2) is 39.7 Å². The zero-order valence-corrected chi connectivity index (χ0v) is 15.5. The Balaban J connectivity index is 1.53. The fraction of sp³-hybridized carbons (Fsp3) is 0.300. The van der Waals surface area contributed by atoms with Gasteiger partial charge in [0.1, 0.15) is 11.8 Å². The van der Waals surface area contributed by atoms with Gasteiger partial charge in [-0.3, -0.25) is 4.98 Å². The maximum absolute atomic E-state index is 12.9. The number of anilines is 1. The molecule has 0 unspecified atom stereocenters. The highest BCUT2D eigenvalue weighted by Gasteiger charge is 2.32. The molecule has 8 nitrogen and oxygen atoms in total. The SMILES string of the molecule is COc1cccc(NC(=O)N2CCCC[C@@H]2c2nc(-c3ccncc3)no2)c1. The summed E-state index contributed by atoms with van der Waals surface area (Å²) in [6.07, 6.45) is 6.08. The summed E-state index contributed by atoms with van der Waals surface area (Å²) < 4.78 is 10.7. The number of ether oxygens (including phenoxy) is 1. The molecule has 3 heterocycles. The van der Waals surface area contributed by atoms with Gasteiger partial charge in [-0.25, -0.2) is 4.79 Å². The third-order valence-electron chi connectivity index (χ3n) is 4.75. The van der Waals surface area contributed by atoms with E-state index in [1.165, 1.54) is 0 Å². The average Bonchev–Trinajstić information content (AvgIpc) is 3.25. The molecule has 1 aliphatic rings. The molecule has 0 bridgehead atoms. The van der Waals surface area contributed by atoms with Crippen molar-refractivity contribution < 1.29 is 14.1 Å². The molecule has 0 saturated carbocycles. The minimum Gasteiger partial charge on any atom is -0.497 e. The summed E-state index contributed by atoms with van der Waals surface area (Å²) in [5.74, 6) is 1.63. The van der Waals surface area contributed by atoms with Crippen molar-refractivity contribution >= 4 is 11.7 Å². The second-order valence-corrected chi connectivity index (χ2v) is 6.56. The van der Waals surface area contributed by atoms with Crippen molar-refractivity contribution in [1.82, 2.24) is 20.0 Å². The second-order valence-electron chi connectivity index (χ2n) is 6.56. The lowest BCUT2D eigenvalue weighted by Gasteiger charge is -2.33. The molecule has 1 atom stereocenters. The van der Waals surface area contributed by atoms with Crippen molar-refractivity contribution in [2.45, 2.75) is 25.3 Å². The van der Waals surface area contributed by atoms with Gasteiger partial charge in [-0.2, -0.15) is 4.98 Å². The molecule has 2 aromatic heterocycles. The highest BCUT2D eigenvalue weighted by atomic mass is 16.5. The molecule has 144 valence electrons. The first-order valence-corrected chi connectivity index (χ1v) is 9.20. The maximum Gasteiger partial charge on any atom is 0.322 e. The summed E-state index contributed by atoms with van der Waals surface area (Å²) in [5, 5.41) is 7.01. The molecular weight excluding hydrogens is 358 g/mol. The minimum absolute atomic E-state index is 0.193. The van der Waals surface area contributed by atoms with Gasteiger partial charge in [0, 0.05) is 36.3 Å². The van der Waals surface area contributed by atoms with Crippen LogP contribution in [0.25, 0.3) is 11.4 Å². The van der Waals surface area contributed by atoms with Gasteiger partial charge in [-0.15, -0.1) is 0 Å². The zero-order valence-electron chi connectivity index (χ0n) is 15.5. The van der Waals surface area contributed by atoms with E-state index in [0.717, 1.165) is 24.8 Å². The van der Waals surface area contributed by atoms with Gasteiger partial charge in [0.2, 0.25) is 11.7 Å². The molecule has 1 N–H and O–H groups in total. The van der Waals surface area contributed by atoms with Crippen LogP contribution < -0.4 is 10.1 Å². The average molecular weight is 379 g/mol. The van der Waals surface area contributed by atoms with E-state index in [-0.39, 0.29) is 12.1 Å². The van der Waals surface area contributed by atoms with E-state index in [1.807, 2.05) is 30.3 Å². The molecule has 4 rings (SSSR count). The van der Waals surface area contributed by atoms with Crippen LogP contribution in [0.3, 0.4) is 0 Å². The quantitative estimate of drug-likeness (QED) is 0.739. The number of likely N-dealkylation sites (tertiary alicyclic amines) is 1. The summed E-state index contributed by atoms with van der Waals surface area (Å²) in [5.41, 5.74) is 1.50. The van der Waals surface area contributed by atoms with Crippen LogP contribution in [0.5, 0.6) is 5.75 Å². The van der Waals surface area contributed by atoms with Gasteiger partial charge in [0.25, 0.3) is 0 Å². The molecular formula is C20H21N5O3. The number of hydrogen-bond donors (Lipinski definition) is 1. The molecule has 1 aromatic carbocycles. The van der Waals surface area contributed by atoms with Crippen molar-refractivity contribution in [2.75, 3.05) is 19.0 Å². The first-order valence-electron chi connectivity index (χ1n) is 9.20. The number of methoxy groups -OCH3 is 1. The molecule has 3 aromatic rings. The molecule has 2 amide bonds. The topological polar surface area (TPSA) is 93.4 Å². The first-order chi connectivity index (χ1) is 13.7. The first kappa shape index (κ1) is 18.0. The molecule has 0 radical (unpaired) electrons. The van der Waals surface area contributed by atoms with E-state index in [0.29, 0.717) is 29.7 Å². The monoisotopic (exact) mass is 379 g/mol. The van der Waals surface area contributed by atoms with Gasteiger partial charge in [0.05, 0.1) is 7.11 Å². The van der Waals surface area contributed by atoms with Crippen LogP contribution in [0.4, 0.5) is 10.5 Å². The van der Waals surface area contributed by atoms with Crippen LogP contribution in [0.2, 0.25) is 0 Å². The normalized spacial score (nSPS) is 16.6. The number of benzene rings is 1. The van der Waals surface area contributed by atoms with Crippen molar-refractivity contribution in [3.05, 3.63) is 54.7 Å². The van der Waals surface area contributed by atoms with Crippen LogP contribution in [0.15, 0.2) is 53.3 Å². The van der Waals surface area contributed by atoms with E-state index in [2.05, 4.69) is 20.4 Å². The largest absolute Gasteiger partial charge is 0.497 e. The van der Waals surface area contributed by atoms with Crippen molar-refractivity contribution in [2.24, 2.45) is 0 Å². The smallest absolute Gasteiger partial charge is 0.322 e. The number of aromatic nitrogens is 3. The lowest BCUT2D eigenvalue weighted by molar-refractivity contribution is 0.142. The number of carbonyl (C=O) groups excluding carboxylic acids is 1. The molecule has 1 fully saturated rings. The minimum atomic E-state index is -0.248. The van der Waals surface area contributed by atoms with E-state index < -0.39 is 0 Å². The highest BCUT2D eigenvalue weighted by molar-refractivity contribution is 5.89. The number of hydrogen-bond acceptors (Lipinski definition) is 6. The van der Waals surface area contributed by atoms with Gasteiger partial charge in [-0.1, -0.05) is 11.2 Å². The summed E-state index contributed by atoms with van der Waals surface area (Å²) in [6.45, 7) is 0.632. The lowest BCUT2D eigenvalue weighted by atomic mass is 10.0. The second kappa shape index (κ2) is 8.08. The van der Waals surface area contributed by atoms with Gasteiger partial charge in [0.15, 0.2) is 0 Å². The number of pyridine rings is 1. The summed E-state index contributed by atoms with van der Waals surface area (Å²) in [7, 11) is 1.59. The Hall–Kier alpha value is -3.42. The van der Waals surface area contributed by atoms with Gasteiger partial charge in [-0.05, 0) is 43.5 Å². The Bertz CT molecular complexity index is 944. The van der Waals surface area contributed by atoms with Crippen molar-refractivity contribution in [3.63, 3.8) is 0 Å². The number of carbonyl (C=O) groups is 1. The molecule has 28 heavy (non-hydrogen) atoms. The summed E-state index contributed by atoms with van der Waals surface area (Å²) >= 11 is 0. The lowest BCUT2D eigenvalue weighted by Crippen LogP contribution is -2.41. The fourth-order valence-electron chi connectivity index (χ4n) is 3.32. The van der Waals surface area contributed by atoms with Crippen LogP contribution in [-0.2, 0) is 0 Å². The van der Waals surface area contributed by atoms with Crippen LogP contribution in [0, 0.1) is 0 Å². The number of nitrogens with one attached hydrogen (secondary N) is 1. The van der Waals surface area contributed by atoms with E-state index in [1.54, 1.807) is 30.5 Å². The molecule has 0 spiro atoms. The van der Waals surface area contributed by atoms with Crippen molar-refractivity contribution in [3.8, 4) is 17.1 Å². The van der Waals surface area contributed by atoms with Gasteiger partial charge < -0.3 is 19.5 Å². The predicted molar refractivity (Wildman–Crippen MR) is 103 cm³/mol. The Morgan fingerprint density at radius 1 is 1.25 bits per heavy atom. The Labute approximate surface area is 162 Å². The molecule has 8 heteroatoms. The van der Waals surface area contributed by atoms with E-state index >= 15 is 0 Å². The number of urea groups is 1. The Morgan fingerprint density at radius 2 is 2.11 bits per heavy atom. The number of piperidine rings is 1. The third-order valence-corrected chi connectivity index (χ3v) is 4.75. The van der Waals surface area contributed by atoms with Crippen LogP contribution >= 0.6 is 0 Å². The molecule has 1 aliphatic heterocycles. The maximum atomic E-state index is 12.9. The summed E-state index contributed by atoms with van der Waals surface area (Å²) in [6, 6.07) is 10.5. The number of nitrogens with zero attached hydrogens (tertiary/aromatic N) is 4. The van der Waals surface area contributed by atoms with E-state index in [4.69, 9.17) is 9.26 Å².